The van der Waals surface area contributed by atoms with Gasteiger partial charge in [-0.05, 0) is 49.2 Å². The maximum absolute atomic E-state index is 13.6. The molecular formula is C21H25N3O5S. The van der Waals surface area contributed by atoms with E-state index in [0.717, 1.165) is 18.4 Å². The lowest BCUT2D eigenvalue weighted by Gasteiger charge is -2.23. The first-order chi connectivity index (χ1) is 14.3. The average Bonchev–Trinajstić information content (AvgIpc) is 3.57. The maximum atomic E-state index is 13.6. The molecule has 0 atom stereocenters. The molecule has 0 radical (unpaired) electrons. The number of imidazole rings is 1. The Kier molecular flexibility index (Phi) is 5.11. The van der Waals surface area contributed by atoms with Crippen molar-refractivity contribution >= 4 is 21.1 Å². The standard InChI is InChI=1S/C21H25N3O5S/c1-22-18-9-8-17(12-19(18)23(2)21(22)25)30(26,27)24(15-5-6-15)13-14-11-16(28-3)7-10-20(14)29-4/h7-12,15H,5-6,13H2,1-4H3. The van der Waals surface area contributed by atoms with Crippen LogP contribution in [0.1, 0.15) is 18.4 Å². The highest BCUT2D eigenvalue weighted by atomic mass is 32.2. The fraction of sp³-hybridized carbons (Fsp3) is 0.381. The van der Waals surface area contributed by atoms with Crippen LogP contribution in [0.2, 0.25) is 0 Å². The van der Waals surface area contributed by atoms with Gasteiger partial charge in [-0.25, -0.2) is 13.2 Å². The molecule has 9 heteroatoms. The van der Waals surface area contributed by atoms with Crippen LogP contribution in [0.4, 0.5) is 0 Å². The third-order valence-electron chi connectivity index (χ3n) is 5.62. The Bertz CT molecular complexity index is 1270. The maximum Gasteiger partial charge on any atom is 0.328 e. The van der Waals surface area contributed by atoms with Crippen LogP contribution in [0.25, 0.3) is 11.0 Å². The van der Waals surface area contributed by atoms with Crippen molar-refractivity contribution in [3.8, 4) is 11.5 Å². The molecule has 1 saturated carbocycles. The molecule has 1 aliphatic carbocycles. The number of fused-ring (bicyclic) bond motifs is 1. The molecule has 0 spiro atoms. The van der Waals surface area contributed by atoms with Gasteiger partial charge in [0, 0.05) is 32.2 Å². The van der Waals surface area contributed by atoms with E-state index in [1.54, 1.807) is 64.7 Å². The van der Waals surface area contributed by atoms with Crippen molar-refractivity contribution in [1.29, 1.82) is 0 Å². The van der Waals surface area contributed by atoms with E-state index in [2.05, 4.69) is 0 Å². The first-order valence-electron chi connectivity index (χ1n) is 9.66. The molecule has 0 aliphatic heterocycles. The fourth-order valence-corrected chi connectivity index (χ4v) is 5.41. The van der Waals surface area contributed by atoms with E-state index in [4.69, 9.17) is 9.47 Å². The molecule has 1 heterocycles. The Morgan fingerprint density at radius 1 is 1.00 bits per heavy atom. The third-order valence-corrected chi connectivity index (χ3v) is 7.51. The number of hydrogen-bond acceptors (Lipinski definition) is 5. The number of aryl methyl sites for hydroxylation is 2. The number of hydrogen-bond donors (Lipinski definition) is 0. The summed E-state index contributed by atoms with van der Waals surface area (Å²) in [6.07, 6.45) is 1.63. The average molecular weight is 432 g/mol. The van der Waals surface area contributed by atoms with Crippen LogP contribution in [0.5, 0.6) is 11.5 Å². The SMILES string of the molecule is COc1ccc(OC)c(CN(C2CC2)S(=O)(=O)c2ccc3c(c2)n(C)c(=O)n3C)c1. The van der Waals surface area contributed by atoms with E-state index in [1.165, 1.54) is 13.4 Å². The molecule has 0 N–H and O–H groups in total. The van der Waals surface area contributed by atoms with E-state index in [1.807, 2.05) is 0 Å². The molecule has 0 amide bonds. The Hall–Kier alpha value is -2.78. The molecule has 160 valence electrons. The highest BCUT2D eigenvalue weighted by Gasteiger charge is 2.38. The second kappa shape index (κ2) is 7.48. The number of rotatable bonds is 7. The molecule has 3 aromatic rings. The predicted octanol–water partition coefficient (Wildman–Crippen LogP) is 2.25. The summed E-state index contributed by atoms with van der Waals surface area (Å²) in [5.41, 5.74) is 1.81. The first kappa shape index (κ1) is 20.5. The summed E-state index contributed by atoms with van der Waals surface area (Å²) in [6.45, 7) is 0.180. The van der Waals surface area contributed by atoms with Gasteiger partial charge < -0.3 is 9.47 Å². The normalized spacial score (nSPS) is 14.4. The zero-order valence-electron chi connectivity index (χ0n) is 17.5. The number of ether oxygens (including phenoxy) is 2. The second-order valence-corrected chi connectivity index (χ2v) is 9.40. The lowest BCUT2D eigenvalue weighted by Crippen LogP contribution is -2.32. The summed E-state index contributed by atoms with van der Waals surface area (Å²) in [6, 6.07) is 10.1. The highest BCUT2D eigenvalue weighted by molar-refractivity contribution is 7.89. The third kappa shape index (κ3) is 3.37. The minimum Gasteiger partial charge on any atom is -0.497 e. The van der Waals surface area contributed by atoms with E-state index < -0.39 is 10.0 Å². The van der Waals surface area contributed by atoms with Crippen LogP contribution in [-0.4, -0.2) is 42.1 Å². The van der Waals surface area contributed by atoms with Crippen molar-refractivity contribution in [3.05, 3.63) is 52.4 Å². The van der Waals surface area contributed by atoms with E-state index in [-0.39, 0.29) is 23.2 Å². The van der Waals surface area contributed by atoms with Gasteiger partial charge in [0.2, 0.25) is 10.0 Å². The monoisotopic (exact) mass is 431 g/mol. The summed E-state index contributed by atoms with van der Waals surface area (Å²) in [7, 11) is 2.66. The molecule has 4 rings (SSSR count). The molecule has 0 saturated heterocycles. The molecule has 1 aromatic heterocycles. The number of nitrogens with zero attached hydrogens (tertiary/aromatic N) is 3. The predicted molar refractivity (Wildman–Crippen MR) is 113 cm³/mol. The van der Waals surface area contributed by atoms with Crippen molar-refractivity contribution in [2.24, 2.45) is 14.1 Å². The molecule has 0 unspecified atom stereocenters. The Balaban J connectivity index is 1.77. The lowest BCUT2D eigenvalue weighted by molar-refractivity contribution is 0.369. The number of sulfonamides is 1. The summed E-state index contributed by atoms with van der Waals surface area (Å²) in [5, 5.41) is 0. The number of aromatic nitrogens is 2. The Morgan fingerprint density at radius 3 is 2.33 bits per heavy atom. The van der Waals surface area contributed by atoms with Crippen LogP contribution < -0.4 is 15.2 Å². The van der Waals surface area contributed by atoms with Crippen molar-refractivity contribution in [2.45, 2.75) is 30.3 Å². The van der Waals surface area contributed by atoms with Gasteiger partial charge in [0.05, 0.1) is 30.1 Å². The Morgan fingerprint density at radius 2 is 1.70 bits per heavy atom. The smallest absolute Gasteiger partial charge is 0.328 e. The minimum absolute atomic E-state index is 0.0544. The van der Waals surface area contributed by atoms with Gasteiger partial charge in [0.1, 0.15) is 11.5 Å². The summed E-state index contributed by atoms with van der Waals surface area (Å²) >= 11 is 0. The molecule has 2 aromatic carbocycles. The summed E-state index contributed by atoms with van der Waals surface area (Å²) < 4.78 is 42.4. The van der Waals surface area contributed by atoms with Gasteiger partial charge in [-0.2, -0.15) is 4.31 Å². The number of methoxy groups -OCH3 is 2. The molecule has 8 nitrogen and oxygen atoms in total. The van der Waals surface area contributed by atoms with Gasteiger partial charge in [0.25, 0.3) is 0 Å². The van der Waals surface area contributed by atoms with Gasteiger partial charge in [-0.1, -0.05) is 0 Å². The second-order valence-electron chi connectivity index (χ2n) is 7.51. The van der Waals surface area contributed by atoms with Crippen molar-refractivity contribution in [1.82, 2.24) is 13.4 Å². The van der Waals surface area contributed by atoms with Crippen LogP contribution >= 0.6 is 0 Å². The van der Waals surface area contributed by atoms with Gasteiger partial charge in [0.15, 0.2) is 0 Å². The van der Waals surface area contributed by atoms with Gasteiger partial charge >= 0.3 is 5.69 Å². The highest BCUT2D eigenvalue weighted by Crippen LogP contribution is 2.36. The Labute approximate surface area is 175 Å². The van der Waals surface area contributed by atoms with Crippen LogP contribution in [-0.2, 0) is 30.7 Å². The minimum atomic E-state index is -3.78. The molecule has 1 aliphatic rings. The topological polar surface area (TPSA) is 82.8 Å². The van der Waals surface area contributed by atoms with E-state index in [0.29, 0.717) is 22.5 Å². The number of benzene rings is 2. The fourth-order valence-electron chi connectivity index (χ4n) is 3.73. The van der Waals surface area contributed by atoms with E-state index >= 15 is 0 Å². The molecule has 1 fully saturated rings. The van der Waals surface area contributed by atoms with Crippen molar-refractivity contribution in [2.75, 3.05) is 14.2 Å². The first-order valence-corrected chi connectivity index (χ1v) is 11.1. The zero-order valence-corrected chi connectivity index (χ0v) is 18.3. The zero-order chi connectivity index (χ0) is 21.6. The molecule has 0 bridgehead atoms. The van der Waals surface area contributed by atoms with Crippen molar-refractivity contribution in [3.63, 3.8) is 0 Å². The molecule has 30 heavy (non-hydrogen) atoms. The van der Waals surface area contributed by atoms with E-state index in [9.17, 15) is 13.2 Å². The quantitative estimate of drug-likeness (QED) is 0.573. The van der Waals surface area contributed by atoms with Gasteiger partial charge in [-0.15, -0.1) is 0 Å². The van der Waals surface area contributed by atoms with Crippen LogP contribution in [0, 0.1) is 0 Å². The van der Waals surface area contributed by atoms with Gasteiger partial charge in [-0.3, -0.25) is 9.13 Å². The van der Waals surface area contributed by atoms with Crippen LogP contribution in [0.15, 0.2) is 46.1 Å². The summed E-state index contributed by atoms with van der Waals surface area (Å²) in [5.74, 6) is 1.25. The lowest BCUT2D eigenvalue weighted by atomic mass is 10.2. The van der Waals surface area contributed by atoms with Crippen LogP contribution in [0.3, 0.4) is 0 Å². The van der Waals surface area contributed by atoms with Crippen molar-refractivity contribution < 1.29 is 17.9 Å². The summed E-state index contributed by atoms with van der Waals surface area (Å²) in [4.78, 5) is 12.4. The molecular weight excluding hydrogens is 406 g/mol. The largest absolute Gasteiger partial charge is 0.497 e.